The lowest BCUT2D eigenvalue weighted by molar-refractivity contribution is -0.496. The van der Waals surface area contributed by atoms with Crippen LogP contribution < -0.4 is 16.4 Å². The maximum Gasteiger partial charge on any atom is 0.416 e. The molecule has 0 aliphatic heterocycles. The van der Waals surface area contributed by atoms with E-state index in [-0.39, 0.29) is 28.0 Å². The first-order valence-corrected chi connectivity index (χ1v) is 11.3. The number of hydrogen-bond donors (Lipinski definition) is 3. The zero-order chi connectivity index (χ0) is 26.3. The number of carbonyl (C=O) groups is 2. The van der Waals surface area contributed by atoms with Crippen LogP contribution in [0.1, 0.15) is 31.8 Å². The zero-order valence-corrected chi connectivity index (χ0v) is 20.0. The highest BCUT2D eigenvalue weighted by Gasteiger charge is 2.30. The third-order valence-electron chi connectivity index (χ3n) is 4.80. The van der Waals surface area contributed by atoms with Crippen LogP contribution in [-0.4, -0.2) is 17.6 Å². The van der Waals surface area contributed by atoms with Crippen molar-refractivity contribution in [3.05, 3.63) is 106 Å². The van der Waals surface area contributed by atoms with Gasteiger partial charge in [0.05, 0.1) is 16.8 Å². The summed E-state index contributed by atoms with van der Waals surface area (Å²) in [6.45, 7) is 0. The maximum absolute atomic E-state index is 12.8. The number of amides is 2. The molecule has 3 aromatic carbocycles. The van der Waals surface area contributed by atoms with Crippen LogP contribution in [0.5, 0.6) is 0 Å². The Kier molecular flexibility index (Phi) is 8.87. The summed E-state index contributed by atoms with van der Waals surface area (Å²) >= 11 is 11.9. The number of nitrogens with zero attached hydrogens (tertiary/aromatic N) is 1. The molecule has 0 heterocycles. The van der Waals surface area contributed by atoms with Gasteiger partial charge in [0.2, 0.25) is 0 Å². The van der Waals surface area contributed by atoms with Crippen LogP contribution in [0.15, 0.2) is 84.0 Å². The van der Waals surface area contributed by atoms with Crippen LogP contribution in [-0.2, 0) is 12.1 Å². The number of rotatable bonds is 7. The van der Waals surface area contributed by atoms with E-state index < -0.39 is 23.6 Å². The molecule has 3 aromatic rings. The van der Waals surface area contributed by atoms with E-state index in [2.05, 4.69) is 10.3 Å². The van der Waals surface area contributed by atoms with Crippen LogP contribution in [0.4, 0.5) is 24.5 Å². The molecule has 0 aliphatic rings. The van der Waals surface area contributed by atoms with E-state index in [1.54, 1.807) is 24.3 Å². The molecule has 5 N–H and O–H groups in total. The lowest BCUT2D eigenvalue weighted by Crippen LogP contribution is -2.71. The summed E-state index contributed by atoms with van der Waals surface area (Å²) in [5.41, 5.74) is 6.57. The average Bonchev–Trinajstić information content (AvgIpc) is 2.84. The normalized spacial score (nSPS) is 12.1. The summed E-state index contributed by atoms with van der Waals surface area (Å²) in [5.74, 6) is -1.21. The molecule has 0 bridgehead atoms. The Bertz CT molecular complexity index is 1340. The molecule has 0 fully saturated rings. The minimum Gasteiger partial charge on any atom is -0.383 e. The molecular weight excluding hydrogens is 516 g/mol. The largest absolute Gasteiger partial charge is 0.416 e. The van der Waals surface area contributed by atoms with Crippen molar-refractivity contribution in [2.45, 2.75) is 12.1 Å². The SMILES string of the molecule is NC(C=C[NH2+]c1cccc(C(F)(F)F)c1)=NC(=O)c1cc(Cl)ccc1NC(=O)c1cccc(CCl)c1. The third-order valence-corrected chi connectivity index (χ3v) is 5.35. The van der Waals surface area contributed by atoms with E-state index in [0.717, 1.165) is 17.7 Å². The third kappa shape index (κ3) is 7.42. The molecule has 2 amide bonds. The van der Waals surface area contributed by atoms with E-state index in [4.69, 9.17) is 28.9 Å². The number of nitrogens with two attached hydrogens (primary N) is 2. The molecule has 0 radical (unpaired) electrons. The van der Waals surface area contributed by atoms with Crippen LogP contribution in [0.3, 0.4) is 0 Å². The molecule has 11 heteroatoms. The van der Waals surface area contributed by atoms with Crippen molar-refractivity contribution in [2.75, 3.05) is 5.32 Å². The number of alkyl halides is 4. The fourth-order valence-electron chi connectivity index (χ4n) is 3.08. The average molecular weight is 536 g/mol. The molecule has 0 aliphatic carbocycles. The lowest BCUT2D eigenvalue weighted by atomic mass is 10.1. The Morgan fingerprint density at radius 3 is 2.53 bits per heavy atom. The topological polar surface area (TPSA) is 101 Å². The second kappa shape index (κ2) is 11.9. The molecule has 3 rings (SSSR count). The lowest BCUT2D eigenvalue weighted by Gasteiger charge is -2.10. The van der Waals surface area contributed by atoms with Crippen LogP contribution in [0.2, 0.25) is 5.02 Å². The summed E-state index contributed by atoms with van der Waals surface area (Å²) < 4.78 is 38.5. The standard InChI is InChI=1S/C25H19Cl2F3N4O2/c26-14-15-3-1-4-16(11-15)23(35)33-21-8-7-18(27)13-20(21)24(36)34-22(31)9-10-32-19-6-2-5-17(12-19)25(28,29)30/h1-13,32H,14H2,(H,33,35)(H2,31,34,36)/p+1. The quantitative estimate of drug-likeness (QED) is 0.166. The zero-order valence-electron chi connectivity index (χ0n) is 18.5. The van der Waals surface area contributed by atoms with Crippen LogP contribution in [0.25, 0.3) is 0 Å². The van der Waals surface area contributed by atoms with Gasteiger partial charge < -0.3 is 11.1 Å². The fourth-order valence-corrected chi connectivity index (χ4v) is 3.42. The Balaban J connectivity index is 1.74. The van der Waals surface area contributed by atoms with Gasteiger partial charge in [0.25, 0.3) is 11.8 Å². The highest BCUT2D eigenvalue weighted by molar-refractivity contribution is 6.31. The molecule has 0 saturated heterocycles. The number of hydrogen-bond acceptors (Lipinski definition) is 2. The summed E-state index contributed by atoms with van der Waals surface area (Å²) in [7, 11) is 0. The Morgan fingerprint density at radius 1 is 1.06 bits per heavy atom. The summed E-state index contributed by atoms with van der Waals surface area (Å²) in [5, 5.41) is 4.28. The predicted molar refractivity (Wildman–Crippen MR) is 134 cm³/mol. The van der Waals surface area contributed by atoms with Crippen molar-refractivity contribution in [1.82, 2.24) is 0 Å². The first-order chi connectivity index (χ1) is 17.1. The highest BCUT2D eigenvalue weighted by atomic mass is 35.5. The number of quaternary nitrogens is 1. The molecule has 36 heavy (non-hydrogen) atoms. The second-order valence-corrected chi connectivity index (χ2v) is 8.17. The number of benzene rings is 3. The second-order valence-electron chi connectivity index (χ2n) is 7.47. The van der Waals surface area contributed by atoms with E-state index >= 15 is 0 Å². The van der Waals surface area contributed by atoms with Gasteiger partial charge in [0.15, 0.2) is 0 Å². The minimum atomic E-state index is -4.46. The molecule has 0 spiro atoms. The van der Waals surface area contributed by atoms with Gasteiger partial charge in [-0.15, -0.1) is 11.6 Å². The van der Waals surface area contributed by atoms with E-state index in [1.165, 1.54) is 47.9 Å². The maximum atomic E-state index is 12.8. The van der Waals surface area contributed by atoms with Gasteiger partial charge in [-0.05, 0) is 48.0 Å². The van der Waals surface area contributed by atoms with Crippen molar-refractivity contribution in [1.29, 1.82) is 0 Å². The van der Waals surface area contributed by atoms with Crippen LogP contribution in [0, 0.1) is 0 Å². The molecule has 0 aromatic heterocycles. The summed E-state index contributed by atoms with van der Waals surface area (Å²) in [6, 6.07) is 15.7. The van der Waals surface area contributed by atoms with E-state index in [9.17, 15) is 22.8 Å². The van der Waals surface area contributed by atoms with E-state index in [1.807, 2.05) is 0 Å². The summed E-state index contributed by atoms with van der Waals surface area (Å²) in [6.07, 6.45) is -1.83. The Hall–Kier alpha value is -3.66. The summed E-state index contributed by atoms with van der Waals surface area (Å²) in [4.78, 5) is 29.2. The first kappa shape index (κ1) is 26.9. The van der Waals surface area contributed by atoms with Gasteiger partial charge >= 0.3 is 6.18 Å². The van der Waals surface area contributed by atoms with Crippen molar-refractivity contribution in [3.8, 4) is 0 Å². The molecular formula is C25H20Cl2F3N4O2+. The molecule has 0 unspecified atom stereocenters. The number of aliphatic imine (C=N–C) groups is 1. The number of anilines is 1. The molecule has 186 valence electrons. The Morgan fingerprint density at radius 2 is 1.81 bits per heavy atom. The van der Waals surface area contributed by atoms with Gasteiger partial charge in [0.1, 0.15) is 17.7 Å². The van der Waals surface area contributed by atoms with Crippen molar-refractivity contribution < 1.29 is 28.1 Å². The smallest absolute Gasteiger partial charge is 0.383 e. The van der Waals surface area contributed by atoms with Crippen molar-refractivity contribution >= 4 is 52.2 Å². The van der Waals surface area contributed by atoms with Crippen molar-refractivity contribution in [3.63, 3.8) is 0 Å². The van der Waals surface area contributed by atoms with Gasteiger partial charge in [-0.1, -0.05) is 29.8 Å². The Labute approximate surface area is 214 Å². The van der Waals surface area contributed by atoms with E-state index in [0.29, 0.717) is 11.3 Å². The number of halogens is 5. The molecule has 0 saturated carbocycles. The van der Waals surface area contributed by atoms with Crippen LogP contribution >= 0.6 is 23.2 Å². The number of amidine groups is 1. The predicted octanol–water partition coefficient (Wildman–Crippen LogP) is 5.26. The fraction of sp³-hybridized carbons (Fsp3) is 0.0800. The highest BCUT2D eigenvalue weighted by Crippen LogP contribution is 2.29. The monoisotopic (exact) mass is 535 g/mol. The molecule has 6 nitrogen and oxygen atoms in total. The first-order valence-electron chi connectivity index (χ1n) is 10.4. The van der Waals surface area contributed by atoms with Gasteiger partial charge in [0, 0.05) is 28.6 Å². The van der Waals surface area contributed by atoms with Gasteiger partial charge in [-0.3, -0.25) is 14.9 Å². The van der Waals surface area contributed by atoms with Crippen molar-refractivity contribution in [2.24, 2.45) is 10.7 Å². The molecule has 0 atom stereocenters. The van der Waals surface area contributed by atoms with Gasteiger partial charge in [-0.25, -0.2) is 0 Å². The minimum absolute atomic E-state index is 0.00237. The number of carbonyl (C=O) groups excluding carboxylic acids is 2. The number of nitrogens with one attached hydrogen (secondary N) is 1. The van der Waals surface area contributed by atoms with Gasteiger partial charge in [-0.2, -0.15) is 18.2 Å².